The Morgan fingerprint density at radius 2 is 2.25 bits per heavy atom. The van der Waals surface area contributed by atoms with Gasteiger partial charge in [0.05, 0.1) is 0 Å². The molecule has 0 N–H and O–H groups in total. The number of halogens is 1. The summed E-state index contributed by atoms with van der Waals surface area (Å²) in [5.41, 5.74) is 1.65. The number of carbonyl (C=O) groups is 1. The van der Waals surface area contributed by atoms with E-state index in [4.69, 9.17) is 11.6 Å². The van der Waals surface area contributed by atoms with Gasteiger partial charge in [0, 0.05) is 29.9 Å². The van der Waals surface area contributed by atoms with Crippen molar-refractivity contribution in [3.63, 3.8) is 0 Å². The molecule has 1 fully saturated rings. The smallest absolute Gasteiger partial charge is 0.152 e. The Bertz CT molecular complexity index is 388. The normalized spacial score (nSPS) is 15.6. The highest BCUT2D eigenvalue weighted by molar-refractivity contribution is 6.31. The van der Waals surface area contributed by atoms with Crippen LogP contribution in [0.4, 0.5) is 5.69 Å². The van der Waals surface area contributed by atoms with Gasteiger partial charge in [0.2, 0.25) is 0 Å². The second-order valence-electron chi connectivity index (χ2n) is 4.50. The van der Waals surface area contributed by atoms with Crippen LogP contribution >= 0.6 is 11.6 Å². The molecule has 1 aliphatic rings. The molecule has 0 heterocycles. The summed E-state index contributed by atoms with van der Waals surface area (Å²) < 4.78 is 0. The molecule has 0 aliphatic heterocycles. The Hall–Kier alpha value is -1.02. The Kier molecular flexibility index (Phi) is 3.49. The van der Waals surface area contributed by atoms with Gasteiger partial charge in [0.25, 0.3) is 0 Å². The molecule has 0 radical (unpaired) electrons. The van der Waals surface area contributed by atoms with Crippen LogP contribution in [0.2, 0.25) is 5.02 Å². The van der Waals surface area contributed by atoms with Gasteiger partial charge in [-0.15, -0.1) is 0 Å². The van der Waals surface area contributed by atoms with Crippen LogP contribution in [-0.4, -0.2) is 19.9 Å². The molecule has 3 heteroatoms. The maximum atomic E-state index is 11.0. The zero-order valence-corrected chi connectivity index (χ0v) is 10.2. The summed E-state index contributed by atoms with van der Waals surface area (Å²) in [6, 6.07) is 5.48. The highest BCUT2D eigenvalue weighted by Gasteiger charge is 2.20. The largest absolute Gasteiger partial charge is 0.374 e. The number of hydrogen-bond acceptors (Lipinski definition) is 2. The first-order valence-electron chi connectivity index (χ1n) is 5.66. The molecular weight excluding hydrogens is 222 g/mol. The molecule has 2 rings (SSSR count). The summed E-state index contributed by atoms with van der Waals surface area (Å²) in [5, 5.41) is 0.614. The van der Waals surface area contributed by atoms with Gasteiger partial charge in [0.1, 0.15) is 0 Å². The van der Waals surface area contributed by atoms with Crippen molar-refractivity contribution in [2.75, 3.05) is 18.5 Å². The van der Waals surface area contributed by atoms with E-state index >= 15 is 0 Å². The third-order valence-corrected chi connectivity index (χ3v) is 3.52. The van der Waals surface area contributed by atoms with E-state index in [9.17, 15) is 4.79 Å². The zero-order valence-electron chi connectivity index (χ0n) is 9.45. The Balaban J connectivity index is 2.14. The van der Waals surface area contributed by atoms with Gasteiger partial charge in [0.15, 0.2) is 6.29 Å². The lowest BCUT2D eigenvalue weighted by Gasteiger charge is -2.31. The van der Waals surface area contributed by atoms with Crippen molar-refractivity contribution in [3.8, 4) is 0 Å². The summed E-state index contributed by atoms with van der Waals surface area (Å²) in [6.45, 7) is 1.03. The van der Waals surface area contributed by atoms with Crippen LogP contribution in [0, 0.1) is 5.92 Å². The summed E-state index contributed by atoms with van der Waals surface area (Å²) in [5.74, 6) is 0.792. The van der Waals surface area contributed by atoms with Crippen molar-refractivity contribution in [2.45, 2.75) is 19.3 Å². The fourth-order valence-electron chi connectivity index (χ4n) is 2.13. The van der Waals surface area contributed by atoms with Crippen LogP contribution in [-0.2, 0) is 0 Å². The molecule has 0 atom stereocenters. The van der Waals surface area contributed by atoms with Crippen LogP contribution in [0.3, 0.4) is 0 Å². The quantitative estimate of drug-likeness (QED) is 0.749. The fraction of sp³-hybridized carbons (Fsp3) is 0.462. The lowest BCUT2D eigenvalue weighted by molar-refractivity contribution is 0.112. The van der Waals surface area contributed by atoms with Crippen molar-refractivity contribution in [1.29, 1.82) is 0 Å². The summed E-state index contributed by atoms with van der Waals surface area (Å²) >= 11 is 5.87. The molecule has 1 aromatic carbocycles. The molecule has 86 valence electrons. The third-order valence-electron chi connectivity index (χ3n) is 3.28. The zero-order chi connectivity index (χ0) is 11.5. The first-order valence-corrected chi connectivity index (χ1v) is 6.04. The van der Waals surface area contributed by atoms with E-state index in [1.807, 2.05) is 19.2 Å². The maximum Gasteiger partial charge on any atom is 0.152 e. The van der Waals surface area contributed by atoms with Gasteiger partial charge >= 0.3 is 0 Å². The van der Waals surface area contributed by atoms with Gasteiger partial charge in [-0.05, 0) is 37.0 Å². The van der Waals surface area contributed by atoms with E-state index < -0.39 is 0 Å². The predicted molar refractivity (Wildman–Crippen MR) is 67.5 cm³/mol. The van der Waals surface area contributed by atoms with E-state index in [0.29, 0.717) is 10.6 Å². The second kappa shape index (κ2) is 4.88. The molecule has 0 unspecified atom stereocenters. The van der Waals surface area contributed by atoms with E-state index in [-0.39, 0.29) is 0 Å². The topological polar surface area (TPSA) is 20.3 Å². The number of nitrogens with zero attached hydrogens (tertiary/aromatic N) is 1. The van der Waals surface area contributed by atoms with E-state index in [0.717, 1.165) is 24.4 Å². The monoisotopic (exact) mass is 237 g/mol. The number of hydrogen-bond donors (Lipinski definition) is 0. The van der Waals surface area contributed by atoms with Crippen LogP contribution in [0.5, 0.6) is 0 Å². The second-order valence-corrected chi connectivity index (χ2v) is 4.93. The van der Waals surface area contributed by atoms with Crippen molar-refractivity contribution < 1.29 is 4.79 Å². The van der Waals surface area contributed by atoms with Crippen LogP contribution < -0.4 is 4.90 Å². The van der Waals surface area contributed by atoms with Gasteiger partial charge in [-0.25, -0.2) is 0 Å². The predicted octanol–water partition coefficient (Wildman–Crippen LogP) is 3.39. The fourth-order valence-corrected chi connectivity index (χ4v) is 2.31. The minimum absolute atomic E-state index is 0.614. The minimum atomic E-state index is 0.614. The molecule has 1 saturated carbocycles. The maximum absolute atomic E-state index is 11.0. The first kappa shape index (κ1) is 11.5. The van der Waals surface area contributed by atoms with Crippen LogP contribution in [0.15, 0.2) is 18.2 Å². The van der Waals surface area contributed by atoms with Crippen molar-refractivity contribution in [2.24, 2.45) is 5.92 Å². The Labute approximate surface area is 101 Å². The van der Waals surface area contributed by atoms with Gasteiger partial charge in [-0.2, -0.15) is 0 Å². The molecule has 0 amide bonds. The number of rotatable bonds is 4. The van der Waals surface area contributed by atoms with E-state index in [1.54, 1.807) is 6.07 Å². The van der Waals surface area contributed by atoms with Crippen molar-refractivity contribution in [3.05, 3.63) is 28.8 Å². The molecule has 0 saturated heterocycles. The molecule has 0 aromatic heterocycles. The van der Waals surface area contributed by atoms with Crippen LogP contribution in [0.1, 0.15) is 29.6 Å². The highest BCUT2D eigenvalue weighted by atomic mass is 35.5. The molecule has 16 heavy (non-hydrogen) atoms. The third kappa shape index (κ3) is 2.38. The SMILES string of the molecule is CN(CC1CCC1)c1ccc(Cl)cc1C=O. The van der Waals surface area contributed by atoms with Crippen molar-refractivity contribution >= 4 is 23.6 Å². The number of carbonyl (C=O) groups excluding carboxylic acids is 1. The Morgan fingerprint density at radius 1 is 1.50 bits per heavy atom. The number of aldehydes is 1. The summed E-state index contributed by atoms with van der Waals surface area (Å²) in [7, 11) is 2.04. The standard InChI is InChI=1S/C13H16ClNO/c1-15(8-10-3-2-4-10)13-6-5-12(14)7-11(13)9-16/h5-7,9-10H,2-4,8H2,1H3. The highest BCUT2D eigenvalue weighted by Crippen LogP contribution is 2.29. The molecular formula is C13H16ClNO. The van der Waals surface area contributed by atoms with Crippen LogP contribution in [0.25, 0.3) is 0 Å². The Morgan fingerprint density at radius 3 is 2.81 bits per heavy atom. The lowest BCUT2D eigenvalue weighted by Crippen LogP contribution is -2.29. The average Bonchev–Trinajstić information content (AvgIpc) is 2.23. The molecule has 2 nitrogen and oxygen atoms in total. The van der Waals surface area contributed by atoms with Gasteiger partial charge < -0.3 is 4.90 Å². The summed E-state index contributed by atoms with van der Waals surface area (Å²) in [4.78, 5) is 13.1. The van der Waals surface area contributed by atoms with E-state index in [1.165, 1.54) is 19.3 Å². The lowest BCUT2D eigenvalue weighted by atomic mass is 9.85. The van der Waals surface area contributed by atoms with Gasteiger partial charge in [-0.1, -0.05) is 18.0 Å². The molecule has 1 aromatic rings. The number of anilines is 1. The molecule has 0 bridgehead atoms. The van der Waals surface area contributed by atoms with Crippen molar-refractivity contribution in [1.82, 2.24) is 0 Å². The first-order chi connectivity index (χ1) is 7.70. The number of benzene rings is 1. The average molecular weight is 238 g/mol. The summed E-state index contributed by atoms with van der Waals surface area (Å²) in [6.07, 6.45) is 4.85. The molecule has 1 aliphatic carbocycles. The minimum Gasteiger partial charge on any atom is -0.374 e. The van der Waals surface area contributed by atoms with E-state index in [2.05, 4.69) is 4.90 Å². The molecule has 0 spiro atoms. The van der Waals surface area contributed by atoms with Gasteiger partial charge in [-0.3, -0.25) is 4.79 Å².